The molecule has 1 amide bonds. The monoisotopic (exact) mass is 261 g/mol. The lowest BCUT2D eigenvalue weighted by Gasteiger charge is -2.02. The Kier molecular flexibility index (Phi) is 7.47. The molecule has 104 valence electrons. The fourth-order valence-corrected chi connectivity index (χ4v) is 1.73. The Morgan fingerprint density at radius 1 is 1.26 bits per heavy atom. The average molecular weight is 261 g/mol. The van der Waals surface area contributed by atoms with Crippen LogP contribution in [0.4, 0.5) is 0 Å². The summed E-state index contributed by atoms with van der Waals surface area (Å²) in [7, 11) is 0. The Balaban J connectivity index is 2.25. The number of carbonyl (C=O) groups excluding carboxylic acids is 1. The van der Waals surface area contributed by atoms with Crippen molar-refractivity contribution in [2.24, 2.45) is 5.10 Å². The van der Waals surface area contributed by atoms with Gasteiger partial charge in [0.05, 0.1) is 11.4 Å². The second-order valence-corrected chi connectivity index (χ2v) is 4.61. The van der Waals surface area contributed by atoms with Crippen molar-refractivity contribution in [3.8, 4) is 0 Å². The second-order valence-electron chi connectivity index (χ2n) is 4.61. The van der Waals surface area contributed by atoms with Crippen LogP contribution in [0.5, 0.6) is 0 Å². The molecule has 4 heteroatoms. The van der Waals surface area contributed by atoms with Crippen LogP contribution in [0.15, 0.2) is 29.5 Å². The first kappa shape index (κ1) is 15.3. The van der Waals surface area contributed by atoms with E-state index < -0.39 is 0 Å². The number of hydrogen-bond donors (Lipinski definition) is 1. The Bertz CT molecular complexity index is 401. The fourth-order valence-electron chi connectivity index (χ4n) is 1.73. The number of pyridine rings is 1. The van der Waals surface area contributed by atoms with Crippen LogP contribution in [-0.2, 0) is 4.79 Å². The van der Waals surface area contributed by atoms with E-state index in [1.165, 1.54) is 19.3 Å². The first-order valence-electron chi connectivity index (χ1n) is 6.98. The topological polar surface area (TPSA) is 54.4 Å². The van der Waals surface area contributed by atoms with Crippen LogP contribution < -0.4 is 5.43 Å². The predicted molar refractivity (Wildman–Crippen MR) is 78.0 cm³/mol. The van der Waals surface area contributed by atoms with Crippen LogP contribution in [0.2, 0.25) is 0 Å². The van der Waals surface area contributed by atoms with E-state index >= 15 is 0 Å². The smallest absolute Gasteiger partial charge is 0.240 e. The summed E-state index contributed by atoms with van der Waals surface area (Å²) >= 11 is 0. The van der Waals surface area contributed by atoms with Crippen molar-refractivity contribution in [1.29, 1.82) is 0 Å². The van der Waals surface area contributed by atoms with Gasteiger partial charge in [0.15, 0.2) is 0 Å². The van der Waals surface area contributed by atoms with Crippen LogP contribution in [0.1, 0.15) is 58.1 Å². The van der Waals surface area contributed by atoms with Gasteiger partial charge in [0.25, 0.3) is 0 Å². The van der Waals surface area contributed by atoms with Gasteiger partial charge in [-0.1, -0.05) is 38.7 Å². The minimum absolute atomic E-state index is 0.0215. The maximum absolute atomic E-state index is 11.6. The highest BCUT2D eigenvalue weighted by Gasteiger charge is 2.01. The molecule has 1 aromatic heterocycles. The molecule has 0 aliphatic rings. The van der Waals surface area contributed by atoms with Gasteiger partial charge in [-0.05, 0) is 25.5 Å². The molecule has 0 unspecified atom stereocenters. The standard InChI is InChI=1S/C15H23N3O/c1-3-4-5-6-7-11-15(19)18-17-13(2)14-10-8-9-12-16-14/h8-10,12H,3-7,11H2,1-2H3,(H,18,19)/b17-13+. The van der Waals surface area contributed by atoms with Crippen molar-refractivity contribution >= 4 is 11.6 Å². The molecule has 19 heavy (non-hydrogen) atoms. The molecule has 0 aliphatic carbocycles. The minimum atomic E-state index is -0.0215. The molecule has 0 aromatic carbocycles. The molecular weight excluding hydrogens is 238 g/mol. The Labute approximate surface area is 115 Å². The van der Waals surface area contributed by atoms with E-state index in [9.17, 15) is 4.79 Å². The lowest BCUT2D eigenvalue weighted by atomic mass is 10.1. The van der Waals surface area contributed by atoms with Gasteiger partial charge in [0, 0.05) is 12.6 Å². The first-order chi connectivity index (χ1) is 9.24. The molecular formula is C15H23N3O. The van der Waals surface area contributed by atoms with Gasteiger partial charge in [-0.2, -0.15) is 5.10 Å². The number of nitrogens with zero attached hydrogens (tertiary/aromatic N) is 2. The summed E-state index contributed by atoms with van der Waals surface area (Å²) in [6.45, 7) is 4.02. The summed E-state index contributed by atoms with van der Waals surface area (Å²) in [5.41, 5.74) is 4.09. The third-order valence-electron chi connectivity index (χ3n) is 2.89. The molecule has 0 fully saturated rings. The zero-order valence-corrected chi connectivity index (χ0v) is 11.9. The van der Waals surface area contributed by atoms with E-state index in [1.54, 1.807) is 6.20 Å². The number of unbranched alkanes of at least 4 members (excludes halogenated alkanes) is 4. The molecule has 0 aliphatic heterocycles. The highest BCUT2D eigenvalue weighted by molar-refractivity contribution is 5.97. The van der Waals surface area contributed by atoms with E-state index in [0.717, 1.165) is 24.2 Å². The molecule has 1 aromatic rings. The maximum atomic E-state index is 11.6. The van der Waals surface area contributed by atoms with Crippen LogP contribution in [-0.4, -0.2) is 16.6 Å². The van der Waals surface area contributed by atoms with E-state index in [2.05, 4.69) is 22.4 Å². The van der Waals surface area contributed by atoms with Gasteiger partial charge < -0.3 is 0 Å². The number of nitrogens with one attached hydrogen (secondary N) is 1. The van der Waals surface area contributed by atoms with Crippen LogP contribution in [0.25, 0.3) is 0 Å². The molecule has 0 saturated carbocycles. The quantitative estimate of drug-likeness (QED) is 0.443. The number of carbonyl (C=O) groups is 1. The molecule has 1 N–H and O–H groups in total. The zero-order valence-electron chi connectivity index (χ0n) is 11.9. The Morgan fingerprint density at radius 3 is 2.74 bits per heavy atom. The second kappa shape index (κ2) is 9.25. The summed E-state index contributed by atoms with van der Waals surface area (Å²) in [6, 6.07) is 5.62. The number of aromatic nitrogens is 1. The minimum Gasteiger partial charge on any atom is -0.273 e. The molecule has 0 radical (unpaired) electrons. The average Bonchev–Trinajstić information content (AvgIpc) is 2.45. The molecule has 1 heterocycles. The number of hydrogen-bond acceptors (Lipinski definition) is 3. The van der Waals surface area contributed by atoms with E-state index in [4.69, 9.17) is 0 Å². The number of amides is 1. The van der Waals surface area contributed by atoms with Crippen molar-refractivity contribution < 1.29 is 4.79 Å². The Hall–Kier alpha value is -1.71. The highest BCUT2D eigenvalue weighted by atomic mass is 16.2. The first-order valence-corrected chi connectivity index (χ1v) is 6.98. The molecule has 0 bridgehead atoms. The lowest BCUT2D eigenvalue weighted by molar-refractivity contribution is -0.121. The number of rotatable bonds is 8. The van der Waals surface area contributed by atoms with Crippen molar-refractivity contribution in [3.63, 3.8) is 0 Å². The SMILES string of the molecule is CCCCCCCC(=O)N/N=C(\C)c1ccccn1. The van der Waals surface area contributed by atoms with E-state index in [1.807, 2.05) is 25.1 Å². The van der Waals surface area contributed by atoms with Gasteiger partial charge in [-0.25, -0.2) is 5.43 Å². The summed E-state index contributed by atoms with van der Waals surface area (Å²) in [6.07, 6.45) is 7.99. The van der Waals surface area contributed by atoms with E-state index in [-0.39, 0.29) is 5.91 Å². The molecule has 0 spiro atoms. The van der Waals surface area contributed by atoms with Crippen molar-refractivity contribution in [2.75, 3.05) is 0 Å². The largest absolute Gasteiger partial charge is 0.273 e. The van der Waals surface area contributed by atoms with Gasteiger partial charge in [0.2, 0.25) is 5.91 Å². The highest BCUT2D eigenvalue weighted by Crippen LogP contribution is 2.04. The third-order valence-corrected chi connectivity index (χ3v) is 2.89. The molecule has 0 atom stereocenters. The normalized spacial score (nSPS) is 11.4. The lowest BCUT2D eigenvalue weighted by Crippen LogP contribution is -2.19. The summed E-state index contributed by atoms with van der Waals surface area (Å²) in [5.74, 6) is -0.0215. The van der Waals surface area contributed by atoms with Crippen molar-refractivity contribution in [3.05, 3.63) is 30.1 Å². The summed E-state index contributed by atoms with van der Waals surface area (Å²) in [5, 5.41) is 4.06. The number of hydrazone groups is 1. The predicted octanol–water partition coefficient (Wildman–Crippen LogP) is 3.28. The molecule has 1 rings (SSSR count). The van der Waals surface area contributed by atoms with Gasteiger partial charge in [0.1, 0.15) is 0 Å². The van der Waals surface area contributed by atoms with Gasteiger partial charge >= 0.3 is 0 Å². The van der Waals surface area contributed by atoms with Gasteiger partial charge in [-0.3, -0.25) is 9.78 Å². The van der Waals surface area contributed by atoms with Crippen LogP contribution in [0.3, 0.4) is 0 Å². The van der Waals surface area contributed by atoms with Crippen molar-refractivity contribution in [2.45, 2.75) is 52.4 Å². The maximum Gasteiger partial charge on any atom is 0.240 e. The third kappa shape index (κ3) is 6.70. The zero-order chi connectivity index (χ0) is 13.9. The van der Waals surface area contributed by atoms with Crippen molar-refractivity contribution in [1.82, 2.24) is 10.4 Å². The van der Waals surface area contributed by atoms with E-state index in [0.29, 0.717) is 6.42 Å². The van der Waals surface area contributed by atoms with Gasteiger partial charge in [-0.15, -0.1) is 0 Å². The Morgan fingerprint density at radius 2 is 2.05 bits per heavy atom. The molecule has 4 nitrogen and oxygen atoms in total. The molecule has 0 saturated heterocycles. The van der Waals surface area contributed by atoms with Crippen LogP contribution in [0, 0.1) is 0 Å². The summed E-state index contributed by atoms with van der Waals surface area (Å²) in [4.78, 5) is 15.7. The fraction of sp³-hybridized carbons (Fsp3) is 0.533. The van der Waals surface area contributed by atoms with Crippen LogP contribution >= 0.6 is 0 Å². The summed E-state index contributed by atoms with van der Waals surface area (Å²) < 4.78 is 0.